The van der Waals surface area contributed by atoms with Gasteiger partial charge in [0.05, 0.1) is 19.1 Å². The van der Waals surface area contributed by atoms with Crippen molar-refractivity contribution in [2.45, 2.75) is 70.5 Å². The van der Waals surface area contributed by atoms with Crippen LogP contribution in [0.4, 0.5) is 5.69 Å². The van der Waals surface area contributed by atoms with Crippen molar-refractivity contribution in [3.8, 4) is 5.75 Å². The van der Waals surface area contributed by atoms with Crippen LogP contribution in [0.1, 0.15) is 57.4 Å². The van der Waals surface area contributed by atoms with Crippen LogP contribution < -0.4 is 14.4 Å². The predicted octanol–water partition coefficient (Wildman–Crippen LogP) is 4.11. The molecular weight excluding hydrogens is 490 g/mol. The van der Waals surface area contributed by atoms with E-state index in [0.717, 1.165) is 37.5 Å². The quantitative estimate of drug-likeness (QED) is 0.421. The molecule has 1 aliphatic carbocycles. The number of amides is 2. The van der Waals surface area contributed by atoms with Gasteiger partial charge in [0.1, 0.15) is 11.8 Å². The first-order chi connectivity index (χ1) is 17.7. The van der Waals surface area contributed by atoms with Crippen LogP contribution in [0.3, 0.4) is 0 Å². The average molecular weight is 530 g/mol. The summed E-state index contributed by atoms with van der Waals surface area (Å²) < 4.78 is 31.5. The molecule has 202 valence electrons. The number of nitrogens with one attached hydrogen (secondary N) is 1. The fraction of sp³-hybridized carbons (Fsp3) is 0.500. The fourth-order valence-corrected chi connectivity index (χ4v) is 5.82. The van der Waals surface area contributed by atoms with Crippen LogP contribution in [0.25, 0.3) is 0 Å². The van der Waals surface area contributed by atoms with Gasteiger partial charge in [-0.15, -0.1) is 0 Å². The summed E-state index contributed by atoms with van der Waals surface area (Å²) in [5.41, 5.74) is 1.43. The normalized spacial score (nSPS) is 14.7. The third-order valence-electron chi connectivity index (χ3n) is 6.77. The molecule has 0 saturated heterocycles. The molecule has 0 spiro atoms. The highest BCUT2D eigenvalue weighted by Crippen LogP contribution is 2.22. The summed E-state index contributed by atoms with van der Waals surface area (Å²) >= 11 is 0. The number of benzene rings is 2. The van der Waals surface area contributed by atoms with Crippen LogP contribution >= 0.6 is 0 Å². The highest BCUT2D eigenvalue weighted by Gasteiger charge is 2.30. The first kappa shape index (κ1) is 28.5. The number of anilines is 1. The summed E-state index contributed by atoms with van der Waals surface area (Å²) in [5, 5.41) is 3.14. The number of methoxy groups -OCH3 is 1. The zero-order valence-corrected chi connectivity index (χ0v) is 22.9. The van der Waals surface area contributed by atoms with Crippen molar-refractivity contribution in [1.29, 1.82) is 0 Å². The molecule has 1 aliphatic rings. The van der Waals surface area contributed by atoms with Gasteiger partial charge in [0, 0.05) is 25.6 Å². The second kappa shape index (κ2) is 13.5. The van der Waals surface area contributed by atoms with Gasteiger partial charge in [-0.2, -0.15) is 0 Å². The van der Waals surface area contributed by atoms with Gasteiger partial charge in [-0.1, -0.05) is 50.1 Å². The van der Waals surface area contributed by atoms with Gasteiger partial charge in [0.15, 0.2) is 0 Å². The predicted molar refractivity (Wildman–Crippen MR) is 146 cm³/mol. The minimum Gasteiger partial charge on any atom is -0.497 e. The Hall–Kier alpha value is -3.07. The Bertz CT molecular complexity index is 1130. The monoisotopic (exact) mass is 529 g/mol. The van der Waals surface area contributed by atoms with Crippen molar-refractivity contribution in [2.75, 3.05) is 24.2 Å². The molecule has 1 fully saturated rings. The van der Waals surface area contributed by atoms with Crippen molar-refractivity contribution in [1.82, 2.24) is 10.2 Å². The smallest absolute Gasteiger partial charge is 0.243 e. The zero-order chi connectivity index (χ0) is 26.8. The molecule has 2 aromatic rings. The van der Waals surface area contributed by atoms with Gasteiger partial charge in [0.25, 0.3) is 0 Å². The van der Waals surface area contributed by atoms with E-state index in [-0.39, 0.29) is 37.4 Å². The van der Waals surface area contributed by atoms with Crippen molar-refractivity contribution >= 4 is 27.5 Å². The van der Waals surface area contributed by atoms with E-state index in [1.165, 1.54) is 4.31 Å². The first-order valence-electron chi connectivity index (χ1n) is 13.0. The summed E-state index contributed by atoms with van der Waals surface area (Å²) in [6, 6.07) is 15.9. The largest absolute Gasteiger partial charge is 0.497 e. The minimum atomic E-state index is -3.51. The lowest BCUT2D eigenvalue weighted by atomic mass is 10.1. The maximum Gasteiger partial charge on any atom is 0.243 e. The number of ether oxygens (including phenoxy) is 1. The Morgan fingerprint density at radius 2 is 1.78 bits per heavy atom. The Balaban J connectivity index is 1.76. The molecular formula is C28H39N3O5S. The third kappa shape index (κ3) is 8.21. The Labute approximate surface area is 221 Å². The van der Waals surface area contributed by atoms with E-state index in [4.69, 9.17) is 4.74 Å². The van der Waals surface area contributed by atoms with Gasteiger partial charge in [-0.3, -0.25) is 13.9 Å². The Morgan fingerprint density at radius 3 is 2.41 bits per heavy atom. The van der Waals surface area contributed by atoms with Crippen molar-refractivity contribution < 1.29 is 22.7 Å². The van der Waals surface area contributed by atoms with Gasteiger partial charge >= 0.3 is 0 Å². The standard InChI is InChI=1S/C28H39N3O5S/c1-4-26(28(33)29-23-13-8-9-14-23)30(21-22-12-10-17-25(20-22)36-2)27(32)18-11-19-31(37(3,34)35)24-15-6-5-7-16-24/h5-7,10,12,15-17,20,23,26H,4,8-9,11,13-14,18-19,21H2,1-3H3,(H,29,33)/t26-/m1/s1. The highest BCUT2D eigenvalue weighted by molar-refractivity contribution is 7.92. The summed E-state index contributed by atoms with van der Waals surface area (Å²) in [4.78, 5) is 28.5. The minimum absolute atomic E-state index is 0.121. The molecule has 2 aromatic carbocycles. The summed E-state index contributed by atoms with van der Waals surface area (Å²) in [6.45, 7) is 2.35. The zero-order valence-electron chi connectivity index (χ0n) is 22.1. The van der Waals surface area contributed by atoms with E-state index in [1.807, 2.05) is 37.3 Å². The van der Waals surface area contributed by atoms with Crippen molar-refractivity contribution in [2.24, 2.45) is 0 Å². The summed E-state index contributed by atoms with van der Waals surface area (Å²) in [6.07, 6.45) is 6.23. The lowest BCUT2D eigenvalue weighted by Crippen LogP contribution is -2.51. The first-order valence-corrected chi connectivity index (χ1v) is 14.8. The van der Waals surface area contributed by atoms with E-state index < -0.39 is 16.1 Å². The maximum atomic E-state index is 13.6. The number of carbonyl (C=O) groups is 2. The number of hydrogen-bond acceptors (Lipinski definition) is 5. The van der Waals surface area contributed by atoms with Crippen LogP contribution in [-0.2, 0) is 26.2 Å². The lowest BCUT2D eigenvalue weighted by Gasteiger charge is -2.32. The third-order valence-corrected chi connectivity index (χ3v) is 7.96. The van der Waals surface area contributed by atoms with Gasteiger partial charge in [-0.05, 0) is 55.5 Å². The van der Waals surface area contributed by atoms with Crippen LogP contribution in [0.2, 0.25) is 0 Å². The summed E-state index contributed by atoms with van der Waals surface area (Å²) in [5.74, 6) is 0.366. The number of sulfonamides is 1. The Kier molecular flexibility index (Phi) is 10.4. The van der Waals surface area contributed by atoms with E-state index in [0.29, 0.717) is 24.3 Å². The van der Waals surface area contributed by atoms with Crippen LogP contribution in [0.5, 0.6) is 5.75 Å². The molecule has 8 nitrogen and oxygen atoms in total. The molecule has 37 heavy (non-hydrogen) atoms. The Morgan fingerprint density at radius 1 is 1.08 bits per heavy atom. The molecule has 0 radical (unpaired) electrons. The highest BCUT2D eigenvalue weighted by atomic mass is 32.2. The molecule has 0 aromatic heterocycles. The topological polar surface area (TPSA) is 96.0 Å². The second-order valence-corrected chi connectivity index (χ2v) is 11.5. The van der Waals surface area contributed by atoms with Gasteiger partial charge in [-0.25, -0.2) is 8.42 Å². The van der Waals surface area contributed by atoms with E-state index >= 15 is 0 Å². The van der Waals surface area contributed by atoms with Crippen molar-refractivity contribution in [3.63, 3.8) is 0 Å². The number of hydrogen-bond donors (Lipinski definition) is 1. The molecule has 2 amide bonds. The van der Waals surface area contributed by atoms with Gasteiger partial charge < -0.3 is 15.0 Å². The van der Waals surface area contributed by atoms with E-state index in [1.54, 1.807) is 36.3 Å². The number of para-hydroxylation sites is 1. The molecule has 0 aliphatic heterocycles. The molecule has 0 bridgehead atoms. The molecule has 9 heteroatoms. The molecule has 1 N–H and O–H groups in total. The van der Waals surface area contributed by atoms with E-state index in [9.17, 15) is 18.0 Å². The SMILES string of the molecule is CC[C@H](C(=O)NC1CCCC1)N(Cc1cccc(OC)c1)C(=O)CCCN(c1ccccc1)S(C)(=O)=O. The number of carbonyl (C=O) groups excluding carboxylic acids is 2. The molecule has 0 unspecified atom stereocenters. The van der Waals surface area contributed by atoms with Crippen LogP contribution in [-0.4, -0.2) is 57.1 Å². The number of rotatable bonds is 13. The van der Waals surface area contributed by atoms with Crippen LogP contribution in [0, 0.1) is 0 Å². The maximum absolute atomic E-state index is 13.6. The fourth-order valence-electron chi connectivity index (χ4n) is 4.85. The van der Waals surface area contributed by atoms with Crippen molar-refractivity contribution in [3.05, 3.63) is 60.2 Å². The summed E-state index contributed by atoms with van der Waals surface area (Å²) in [7, 11) is -1.92. The van der Waals surface area contributed by atoms with Gasteiger partial charge in [0.2, 0.25) is 21.8 Å². The lowest BCUT2D eigenvalue weighted by molar-refractivity contribution is -0.141. The second-order valence-electron chi connectivity index (χ2n) is 9.56. The van der Waals surface area contributed by atoms with Crippen LogP contribution in [0.15, 0.2) is 54.6 Å². The molecule has 1 saturated carbocycles. The molecule has 1 atom stereocenters. The molecule has 3 rings (SSSR count). The molecule has 0 heterocycles. The van der Waals surface area contributed by atoms with E-state index in [2.05, 4.69) is 5.32 Å². The average Bonchev–Trinajstić information content (AvgIpc) is 3.39. The number of nitrogens with zero attached hydrogens (tertiary/aromatic N) is 2.